The third-order valence-corrected chi connectivity index (χ3v) is 4.31. The molecule has 1 N–H and O–H groups in total. The summed E-state index contributed by atoms with van der Waals surface area (Å²) in [6, 6.07) is 2.80. The van der Waals surface area contributed by atoms with E-state index in [-0.39, 0.29) is 0 Å². The highest BCUT2D eigenvalue weighted by atomic mass is 15.3. The van der Waals surface area contributed by atoms with Crippen molar-refractivity contribution in [1.82, 2.24) is 15.1 Å². The molecule has 1 saturated carbocycles. The summed E-state index contributed by atoms with van der Waals surface area (Å²) in [5.41, 5.74) is 2.39. The molecule has 18 heavy (non-hydrogen) atoms. The molecular weight excluding hydrogens is 222 g/mol. The summed E-state index contributed by atoms with van der Waals surface area (Å²) >= 11 is 0. The summed E-state index contributed by atoms with van der Waals surface area (Å²) < 4.78 is 1.99. The number of hydrogen-bond donors (Lipinski definition) is 1. The number of hydrogen-bond acceptors (Lipinski definition) is 2. The molecule has 0 saturated heterocycles. The molecule has 1 aromatic rings. The van der Waals surface area contributed by atoms with Crippen LogP contribution in [0.2, 0.25) is 0 Å². The third kappa shape index (κ3) is 3.58. The molecule has 1 atom stereocenters. The van der Waals surface area contributed by atoms with Gasteiger partial charge in [0, 0.05) is 19.6 Å². The minimum absolute atomic E-state index is 0.623. The van der Waals surface area contributed by atoms with Gasteiger partial charge in [0.1, 0.15) is 0 Å². The highest BCUT2D eigenvalue weighted by Gasteiger charge is 2.18. The molecule has 0 bridgehead atoms. The Labute approximate surface area is 111 Å². The monoisotopic (exact) mass is 249 g/mol. The quantitative estimate of drug-likeness (QED) is 0.831. The second-order valence-electron chi connectivity index (χ2n) is 5.82. The molecule has 2 rings (SSSR count). The maximum atomic E-state index is 4.39. The van der Waals surface area contributed by atoms with Gasteiger partial charge in [0.2, 0.25) is 0 Å². The second-order valence-corrected chi connectivity index (χ2v) is 5.82. The molecule has 1 aliphatic carbocycles. The van der Waals surface area contributed by atoms with Crippen molar-refractivity contribution in [3.8, 4) is 0 Å². The molecule has 1 aromatic heterocycles. The largest absolute Gasteiger partial charge is 0.308 e. The maximum absolute atomic E-state index is 4.39. The van der Waals surface area contributed by atoms with Gasteiger partial charge < -0.3 is 5.32 Å². The van der Waals surface area contributed by atoms with Gasteiger partial charge in [-0.05, 0) is 38.7 Å². The molecule has 1 heterocycles. The Morgan fingerprint density at radius 3 is 2.56 bits per heavy atom. The minimum atomic E-state index is 0.623. The van der Waals surface area contributed by atoms with Crippen molar-refractivity contribution in [1.29, 1.82) is 0 Å². The van der Waals surface area contributed by atoms with Crippen LogP contribution in [0.25, 0.3) is 0 Å². The van der Waals surface area contributed by atoms with Crippen LogP contribution in [0.3, 0.4) is 0 Å². The number of nitrogens with zero attached hydrogens (tertiary/aromatic N) is 2. The van der Waals surface area contributed by atoms with Crippen LogP contribution >= 0.6 is 0 Å². The third-order valence-electron chi connectivity index (χ3n) is 4.31. The van der Waals surface area contributed by atoms with Crippen molar-refractivity contribution < 1.29 is 0 Å². The highest BCUT2D eigenvalue weighted by molar-refractivity contribution is 5.08. The normalized spacial score (nSPS) is 19.7. The van der Waals surface area contributed by atoms with Crippen molar-refractivity contribution in [2.24, 2.45) is 13.0 Å². The van der Waals surface area contributed by atoms with Crippen molar-refractivity contribution in [2.45, 2.75) is 65.0 Å². The SMILES string of the molecule is Cc1cc(CN[C@H](C)C2CCCCCC2)n(C)n1. The van der Waals surface area contributed by atoms with Gasteiger partial charge in [-0.1, -0.05) is 25.7 Å². The zero-order chi connectivity index (χ0) is 13.0. The van der Waals surface area contributed by atoms with Gasteiger partial charge >= 0.3 is 0 Å². The second kappa shape index (κ2) is 6.37. The maximum Gasteiger partial charge on any atom is 0.0597 e. The minimum Gasteiger partial charge on any atom is -0.308 e. The van der Waals surface area contributed by atoms with Gasteiger partial charge in [0.05, 0.1) is 11.4 Å². The predicted molar refractivity (Wildman–Crippen MR) is 75.4 cm³/mol. The van der Waals surface area contributed by atoms with Crippen LogP contribution in [-0.2, 0) is 13.6 Å². The first-order valence-corrected chi connectivity index (χ1v) is 7.39. The first-order chi connectivity index (χ1) is 8.66. The van der Waals surface area contributed by atoms with Gasteiger partial charge in [-0.25, -0.2) is 0 Å². The molecule has 3 heteroatoms. The molecule has 0 radical (unpaired) electrons. The standard InChI is InChI=1S/C15H27N3/c1-12-10-15(18(3)17-12)11-16-13(2)14-8-6-4-5-7-9-14/h10,13-14,16H,4-9,11H2,1-3H3/t13-/m1/s1. The van der Waals surface area contributed by atoms with Crippen LogP contribution in [0, 0.1) is 12.8 Å². The van der Waals surface area contributed by atoms with Crippen molar-refractivity contribution in [2.75, 3.05) is 0 Å². The van der Waals surface area contributed by atoms with Crippen LogP contribution < -0.4 is 5.32 Å². The van der Waals surface area contributed by atoms with Crippen LogP contribution in [0.15, 0.2) is 6.07 Å². The Balaban J connectivity index is 1.83. The molecule has 0 aliphatic heterocycles. The van der Waals surface area contributed by atoms with Crippen LogP contribution in [0.4, 0.5) is 0 Å². The van der Waals surface area contributed by atoms with E-state index in [9.17, 15) is 0 Å². The number of nitrogens with one attached hydrogen (secondary N) is 1. The zero-order valence-electron chi connectivity index (χ0n) is 12.1. The highest BCUT2D eigenvalue weighted by Crippen LogP contribution is 2.25. The smallest absolute Gasteiger partial charge is 0.0597 e. The molecule has 0 unspecified atom stereocenters. The average molecular weight is 249 g/mol. The molecule has 0 aromatic carbocycles. The van der Waals surface area contributed by atoms with Gasteiger partial charge in [0.15, 0.2) is 0 Å². The molecule has 1 aliphatic rings. The Morgan fingerprint density at radius 1 is 1.33 bits per heavy atom. The van der Waals surface area contributed by atoms with Gasteiger partial charge in [-0.15, -0.1) is 0 Å². The first-order valence-electron chi connectivity index (χ1n) is 7.39. The topological polar surface area (TPSA) is 29.9 Å². The Bertz CT molecular complexity index is 362. The van der Waals surface area contributed by atoms with E-state index in [1.807, 2.05) is 11.7 Å². The van der Waals surface area contributed by atoms with E-state index >= 15 is 0 Å². The average Bonchev–Trinajstić information content (AvgIpc) is 2.59. The summed E-state index contributed by atoms with van der Waals surface area (Å²) in [5, 5.41) is 8.08. The summed E-state index contributed by atoms with van der Waals surface area (Å²) in [4.78, 5) is 0. The Morgan fingerprint density at radius 2 is 2.00 bits per heavy atom. The summed E-state index contributed by atoms with van der Waals surface area (Å²) in [7, 11) is 2.03. The Kier molecular flexibility index (Phi) is 4.81. The number of aryl methyl sites for hydroxylation is 2. The van der Waals surface area contributed by atoms with Gasteiger partial charge in [0.25, 0.3) is 0 Å². The van der Waals surface area contributed by atoms with E-state index in [2.05, 4.69) is 30.3 Å². The summed E-state index contributed by atoms with van der Waals surface area (Å²) in [6.45, 7) is 5.34. The lowest BCUT2D eigenvalue weighted by atomic mass is 9.93. The molecule has 0 amide bonds. The fraction of sp³-hybridized carbons (Fsp3) is 0.800. The lowest BCUT2D eigenvalue weighted by Gasteiger charge is -2.23. The summed E-state index contributed by atoms with van der Waals surface area (Å²) in [5.74, 6) is 0.863. The molecular formula is C15H27N3. The molecule has 0 spiro atoms. The van der Waals surface area contributed by atoms with E-state index in [0.717, 1.165) is 18.2 Å². The van der Waals surface area contributed by atoms with E-state index < -0.39 is 0 Å². The van der Waals surface area contributed by atoms with Crippen molar-refractivity contribution in [3.63, 3.8) is 0 Å². The van der Waals surface area contributed by atoms with Crippen LogP contribution in [0.5, 0.6) is 0 Å². The molecule has 102 valence electrons. The Hall–Kier alpha value is -0.830. The van der Waals surface area contributed by atoms with E-state index in [4.69, 9.17) is 0 Å². The fourth-order valence-corrected chi connectivity index (χ4v) is 3.07. The van der Waals surface area contributed by atoms with E-state index in [1.165, 1.54) is 44.2 Å². The number of aromatic nitrogens is 2. The van der Waals surface area contributed by atoms with Crippen molar-refractivity contribution in [3.05, 3.63) is 17.5 Å². The molecule has 3 nitrogen and oxygen atoms in total. The van der Waals surface area contributed by atoms with Gasteiger partial charge in [-0.2, -0.15) is 5.10 Å². The zero-order valence-corrected chi connectivity index (χ0v) is 12.1. The number of rotatable bonds is 4. The summed E-state index contributed by atoms with van der Waals surface area (Å²) in [6.07, 6.45) is 8.51. The first kappa shape index (κ1) is 13.6. The fourth-order valence-electron chi connectivity index (χ4n) is 3.07. The van der Waals surface area contributed by atoms with Crippen molar-refractivity contribution >= 4 is 0 Å². The van der Waals surface area contributed by atoms with Crippen LogP contribution in [-0.4, -0.2) is 15.8 Å². The lowest BCUT2D eigenvalue weighted by molar-refractivity contribution is 0.334. The van der Waals surface area contributed by atoms with E-state index in [1.54, 1.807) is 0 Å². The lowest BCUT2D eigenvalue weighted by Crippen LogP contribution is -2.33. The predicted octanol–water partition coefficient (Wildman–Crippen LogP) is 3.18. The van der Waals surface area contributed by atoms with Crippen LogP contribution in [0.1, 0.15) is 56.8 Å². The van der Waals surface area contributed by atoms with Gasteiger partial charge in [-0.3, -0.25) is 4.68 Å². The molecule has 1 fully saturated rings. The van der Waals surface area contributed by atoms with E-state index in [0.29, 0.717) is 6.04 Å².